The lowest BCUT2D eigenvalue weighted by atomic mass is 10.1. The molecular weight excluding hydrogens is 322 g/mol. The van der Waals surface area contributed by atoms with Crippen molar-refractivity contribution in [1.82, 2.24) is 14.1 Å². The molecule has 0 bridgehead atoms. The van der Waals surface area contributed by atoms with Crippen LogP contribution in [0.2, 0.25) is 0 Å². The highest BCUT2D eigenvalue weighted by atomic mass is 15.4. The fraction of sp³-hybridized carbons (Fsp3) is 0.143. The third-order valence-corrected chi connectivity index (χ3v) is 4.74. The molecule has 1 N–H and O–H groups in total. The van der Waals surface area contributed by atoms with Crippen LogP contribution in [-0.2, 0) is 13.6 Å². The zero-order valence-electron chi connectivity index (χ0n) is 15.0. The number of nitrogens with one attached hydrogen (secondary N) is 1. The SMILES string of the molecule is C=CCn1c(C)c(/C=N\Nc2nc3ccccc3n2C)c2ccccc21. The van der Waals surface area contributed by atoms with Gasteiger partial charge < -0.3 is 9.13 Å². The van der Waals surface area contributed by atoms with E-state index >= 15 is 0 Å². The number of hydrogen-bond acceptors (Lipinski definition) is 3. The summed E-state index contributed by atoms with van der Waals surface area (Å²) >= 11 is 0. The standard InChI is InChI=1S/C21H21N5/c1-4-13-26-15(2)17(16-9-5-7-11-19(16)26)14-22-24-21-23-18-10-6-8-12-20(18)25(21)3/h4-12,14H,1,13H2,2-3H3,(H,23,24)/b22-14-. The van der Waals surface area contributed by atoms with E-state index in [1.165, 1.54) is 16.6 Å². The van der Waals surface area contributed by atoms with Crippen molar-refractivity contribution in [2.45, 2.75) is 13.5 Å². The van der Waals surface area contributed by atoms with E-state index in [2.05, 4.69) is 57.8 Å². The molecule has 0 amide bonds. The maximum absolute atomic E-state index is 4.58. The van der Waals surface area contributed by atoms with Crippen LogP contribution in [0.15, 0.2) is 66.3 Å². The molecule has 5 heteroatoms. The number of aromatic nitrogens is 3. The van der Waals surface area contributed by atoms with Crippen LogP contribution in [0.4, 0.5) is 5.95 Å². The lowest BCUT2D eigenvalue weighted by Crippen LogP contribution is -2.00. The molecule has 26 heavy (non-hydrogen) atoms. The van der Waals surface area contributed by atoms with Crippen molar-refractivity contribution < 1.29 is 0 Å². The first kappa shape index (κ1) is 16.1. The molecule has 0 saturated heterocycles. The first-order valence-electron chi connectivity index (χ1n) is 8.60. The van der Waals surface area contributed by atoms with Crippen molar-refractivity contribution in [2.24, 2.45) is 12.1 Å². The Bertz CT molecular complexity index is 1130. The molecule has 2 aromatic heterocycles. The molecule has 0 aliphatic heterocycles. The smallest absolute Gasteiger partial charge is 0.224 e. The maximum Gasteiger partial charge on any atom is 0.224 e. The van der Waals surface area contributed by atoms with Gasteiger partial charge in [-0.3, -0.25) is 0 Å². The first-order valence-corrected chi connectivity index (χ1v) is 8.60. The molecule has 5 nitrogen and oxygen atoms in total. The Balaban J connectivity index is 1.69. The van der Waals surface area contributed by atoms with Gasteiger partial charge in [-0.2, -0.15) is 5.10 Å². The van der Waals surface area contributed by atoms with E-state index in [4.69, 9.17) is 0 Å². The predicted molar refractivity (Wildman–Crippen MR) is 109 cm³/mol. The number of hydrazone groups is 1. The highest BCUT2D eigenvalue weighted by Crippen LogP contribution is 2.24. The van der Waals surface area contributed by atoms with Gasteiger partial charge in [0.15, 0.2) is 0 Å². The molecule has 130 valence electrons. The normalized spacial score (nSPS) is 11.6. The Kier molecular flexibility index (Phi) is 4.05. The summed E-state index contributed by atoms with van der Waals surface area (Å²) in [5.41, 5.74) is 8.56. The number of aryl methyl sites for hydroxylation is 1. The van der Waals surface area contributed by atoms with E-state index in [1.807, 2.05) is 48.2 Å². The summed E-state index contributed by atoms with van der Waals surface area (Å²) in [5.74, 6) is 0.718. The van der Waals surface area contributed by atoms with E-state index in [-0.39, 0.29) is 0 Å². The van der Waals surface area contributed by atoms with E-state index in [9.17, 15) is 0 Å². The van der Waals surface area contributed by atoms with Crippen molar-refractivity contribution in [3.05, 3.63) is 72.4 Å². The molecule has 0 saturated carbocycles. The van der Waals surface area contributed by atoms with Gasteiger partial charge in [0.2, 0.25) is 5.95 Å². The third kappa shape index (κ3) is 2.58. The second kappa shape index (κ2) is 6.52. The summed E-state index contributed by atoms with van der Waals surface area (Å²) in [5, 5.41) is 5.64. The van der Waals surface area contributed by atoms with Crippen LogP contribution in [0.1, 0.15) is 11.3 Å². The van der Waals surface area contributed by atoms with Crippen LogP contribution in [0.5, 0.6) is 0 Å². The Morgan fingerprint density at radius 2 is 1.85 bits per heavy atom. The average molecular weight is 343 g/mol. The molecule has 0 atom stereocenters. The summed E-state index contributed by atoms with van der Waals surface area (Å²) in [6.07, 6.45) is 3.79. The molecule has 2 heterocycles. The minimum absolute atomic E-state index is 0.718. The topological polar surface area (TPSA) is 47.1 Å². The first-order chi connectivity index (χ1) is 12.7. The molecule has 0 spiro atoms. The van der Waals surface area contributed by atoms with Crippen LogP contribution >= 0.6 is 0 Å². The van der Waals surface area contributed by atoms with E-state index in [0.29, 0.717) is 0 Å². The van der Waals surface area contributed by atoms with Crippen molar-refractivity contribution in [2.75, 3.05) is 5.43 Å². The van der Waals surface area contributed by atoms with Gasteiger partial charge in [0, 0.05) is 35.8 Å². The molecule has 2 aromatic carbocycles. The van der Waals surface area contributed by atoms with Crippen LogP contribution < -0.4 is 5.43 Å². The number of imidazole rings is 1. The van der Waals surface area contributed by atoms with Crippen LogP contribution in [0.25, 0.3) is 21.9 Å². The Morgan fingerprint density at radius 3 is 2.62 bits per heavy atom. The van der Waals surface area contributed by atoms with Gasteiger partial charge in [0.05, 0.1) is 17.2 Å². The lowest BCUT2D eigenvalue weighted by Gasteiger charge is -2.04. The molecule has 0 aliphatic carbocycles. The van der Waals surface area contributed by atoms with Crippen molar-refractivity contribution >= 4 is 34.1 Å². The van der Waals surface area contributed by atoms with Gasteiger partial charge in [-0.25, -0.2) is 10.4 Å². The number of anilines is 1. The van der Waals surface area contributed by atoms with Gasteiger partial charge in [-0.05, 0) is 25.1 Å². The average Bonchev–Trinajstić information content (AvgIpc) is 3.12. The Labute approximate surface area is 152 Å². The highest BCUT2D eigenvalue weighted by Gasteiger charge is 2.11. The Hall–Kier alpha value is -3.34. The monoisotopic (exact) mass is 343 g/mol. The van der Waals surface area contributed by atoms with Crippen molar-refractivity contribution in [3.8, 4) is 0 Å². The maximum atomic E-state index is 4.58. The summed E-state index contributed by atoms with van der Waals surface area (Å²) in [7, 11) is 1.98. The van der Waals surface area contributed by atoms with Gasteiger partial charge in [0.25, 0.3) is 0 Å². The van der Waals surface area contributed by atoms with E-state index in [1.54, 1.807) is 0 Å². The highest BCUT2D eigenvalue weighted by molar-refractivity contribution is 6.01. The molecule has 4 rings (SSSR count). The number of rotatable bonds is 5. The minimum atomic E-state index is 0.718. The second-order valence-electron chi connectivity index (χ2n) is 6.27. The van der Waals surface area contributed by atoms with Crippen molar-refractivity contribution in [3.63, 3.8) is 0 Å². The molecule has 0 radical (unpaired) electrons. The number of hydrogen-bond donors (Lipinski definition) is 1. The fourth-order valence-corrected chi connectivity index (χ4v) is 3.39. The number of nitrogens with zero attached hydrogens (tertiary/aromatic N) is 4. The van der Waals surface area contributed by atoms with E-state index in [0.717, 1.165) is 29.1 Å². The Morgan fingerprint density at radius 1 is 1.12 bits per heavy atom. The van der Waals surface area contributed by atoms with E-state index < -0.39 is 0 Å². The summed E-state index contributed by atoms with van der Waals surface area (Å²) < 4.78 is 4.25. The quantitative estimate of drug-likeness (QED) is 0.330. The number of allylic oxidation sites excluding steroid dienone is 1. The number of para-hydroxylation sites is 3. The zero-order chi connectivity index (χ0) is 18.1. The van der Waals surface area contributed by atoms with Crippen LogP contribution in [0.3, 0.4) is 0 Å². The molecular formula is C21H21N5. The molecule has 0 aliphatic rings. The van der Waals surface area contributed by atoms with Gasteiger partial charge in [0.1, 0.15) is 0 Å². The van der Waals surface area contributed by atoms with Crippen LogP contribution in [-0.4, -0.2) is 20.3 Å². The van der Waals surface area contributed by atoms with Gasteiger partial charge in [-0.15, -0.1) is 6.58 Å². The largest absolute Gasteiger partial charge is 0.340 e. The van der Waals surface area contributed by atoms with Gasteiger partial charge in [-0.1, -0.05) is 36.4 Å². The number of fused-ring (bicyclic) bond motifs is 2. The molecule has 0 unspecified atom stereocenters. The summed E-state index contributed by atoms with van der Waals surface area (Å²) in [4.78, 5) is 4.58. The van der Waals surface area contributed by atoms with Crippen molar-refractivity contribution in [1.29, 1.82) is 0 Å². The number of benzene rings is 2. The molecule has 0 fully saturated rings. The third-order valence-electron chi connectivity index (χ3n) is 4.74. The fourth-order valence-electron chi connectivity index (χ4n) is 3.39. The minimum Gasteiger partial charge on any atom is -0.340 e. The summed E-state index contributed by atoms with van der Waals surface area (Å²) in [6, 6.07) is 16.4. The lowest BCUT2D eigenvalue weighted by molar-refractivity contribution is 0.828. The zero-order valence-corrected chi connectivity index (χ0v) is 15.0. The summed E-state index contributed by atoms with van der Waals surface area (Å²) in [6.45, 7) is 6.75. The second-order valence-corrected chi connectivity index (χ2v) is 6.27. The molecule has 4 aromatic rings. The van der Waals surface area contributed by atoms with Crippen LogP contribution in [0, 0.1) is 6.92 Å². The predicted octanol–water partition coefficient (Wildman–Crippen LogP) is 4.47. The van der Waals surface area contributed by atoms with Gasteiger partial charge >= 0.3 is 0 Å².